The highest BCUT2D eigenvalue weighted by Crippen LogP contribution is 2.18. The van der Waals surface area contributed by atoms with Crippen LogP contribution in [-0.4, -0.2) is 37.2 Å². The molecule has 0 fully saturated rings. The summed E-state index contributed by atoms with van der Waals surface area (Å²) in [5.74, 6) is -0.839. The Bertz CT molecular complexity index is 936. The zero-order chi connectivity index (χ0) is 45.8. The van der Waals surface area contributed by atoms with Gasteiger partial charge in [0.15, 0.2) is 6.10 Å². The normalized spacial score (nSPS) is 11.9. The van der Waals surface area contributed by atoms with E-state index in [1.165, 1.54) is 231 Å². The number of ether oxygens (including phenoxy) is 3. The highest BCUT2D eigenvalue weighted by molar-refractivity contribution is 5.71. The molecule has 1 unspecified atom stereocenters. The van der Waals surface area contributed by atoms with Gasteiger partial charge in [-0.3, -0.25) is 14.4 Å². The molecule has 0 aromatic heterocycles. The van der Waals surface area contributed by atoms with Crippen molar-refractivity contribution in [3.05, 3.63) is 0 Å². The van der Waals surface area contributed by atoms with Crippen LogP contribution in [0.25, 0.3) is 0 Å². The fourth-order valence-electron chi connectivity index (χ4n) is 8.80. The first kappa shape index (κ1) is 61.4. The lowest BCUT2D eigenvalue weighted by atomic mass is 10.0. The summed E-state index contributed by atoms with van der Waals surface area (Å²) in [6, 6.07) is 0. The van der Waals surface area contributed by atoms with Crippen LogP contribution in [0, 0.1) is 0 Å². The maximum Gasteiger partial charge on any atom is 0.306 e. The van der Waals surface area contributed by atoms with Crippen LogP contribution < -0.4 is 0 Å². The fraction of sp³-hybridized carbons (Fsp3) is 0.947. The Morgan fingerprint density at radius 3 is 0.635 bits per heavy atom. The van der Waals surface area contributed by atoms with Crippen LogP contribution in [0.3, 0.4) is 0 Å². The van der Waals surface area contributed by atoms with Crippen LogP contribution in [0.5, 0.6) is 0 Å². The zero-order valence-electron chi connectivity index (χ0n) is 42.9. The van der Waals surface area contributed by atoms with E-state index < -0.39 is 6.10 Å². The Morgan fingerprint density at radius 1 is 0.254 bits per heavy atom. The summed E-state index contributed by atoms with van der Waals surface area (Å²) in [5, 5.41) is 0. The highest BCUT2D eigenvalue weighted by Gasteiger charge is 2.19. The van der Waals surface area contributed by atoms with Crippen molar-refractivity contribution in [1.29, 1.82) is 0 Å². The molecule has 0 bridgehead atoms. The lowest BCUT2D eigenvalue weighted by Crippen LogP contribution is -2.30. The van der Waals surface area contributed by atoms with Crippen LogP contribution >= 0.6 is 0 Å². The first-order chi connectivity index (χ1) is 31.0. The third-order valence-corrected chi connectivity index (χ3v) is 13.1. The van der Waals surface area contributed by atoms with E-state index in [0.717, 1.165) is 57.8 Å². The molecule has 0 N–H and O–H groups in total. The maximum absolute atomic E-state index is 12.8. The molecule has 0 saturated carbocycles. The SMILES string of the molecule is CCCCCCCCCCCCCCCCCCCCCCCCC(=O)OCC(COC(=O)CCCCCCCCCCC)OC(=O)CCCCCCCCCCCCCCCC. The molecule has 0 rings (SSSR count). The third kappa shape index (κ3) is 51.3. The van der Waals surface area contributed by atoms with Crippen molar-refractivity contribution in [2.75, 3.05) is 13.2 Å². The van der Waals surface area contributed by atoms with Gasteiger partial charge in [-0.2, -0.15) is 0 Å². The van der Waals surface area contributed by atoms with Crippen molar-refractivity contribution < 1.29 is 28.6 Å². The number of unbranched alkanes of at least 4 members (excludes halogenated alkanes) is 42. The van der Waals surface area contributed by atoms with Gasteiger partial charge < -0.3 is 14.2 Å². The average Bonchev–Trinajstić information content (AvgIpc) is 3.28. The second kappa shape index (κ2) is 53.0. The standard InChI is InChI=1S/C57H110O6/c1-4-7-10-13-16-19-21-23-25-26-27-28-29-30-31-32-34-35-38-41-44-47-50-56(59)62-53-54(52-61-55(58)49-46-43-40-37-18-15-12-9-6-3)63-57(60)51-48-45-42-39-36-33-24-22-20-17-14-11-8-5-2/h54H,4-53H2,1-3H3. The summed E-state index contributed by atoms with van der Waals surface area (Å²) in [6.45, 7) is 6.68. The summed E-state index contributed by atoms with van der Waals surface area (Å²) >= 11 is 0. The van der Waals surface area contributed by atoms with Gasteiger partial charge in [-0.05, 0) is 19.3 Å². The molecule has 0 aliphatic heterocycles. The van der Waals surface area contributed by atoms with Gasteiger partial charge in [0.25, 0.3) is 0 Å². The molecule has 0 aromatic rings. The number of carbonyl (C=O) groups excluding carboxylic acids is 3. The second-order valence-corrected chi connectivity index (χ2v) is 19.6. The van der Waals surface area contributed by atoms with Crippen LogP contribution in [-0.2, 0) is 28.6 Å². The first-order valence-electron chi connectivity index (χ1n) is 28.5. The predicted molar refractivity (Wildman–Crippen MR) is 270 cm³/mol. The van der Waals surface area contributed by atoms with Gasteiger partial charge in [0, 0.05) is 19.3 Å². The van der Waals surface area contributed by atoms with Crippen molar-refractivity contribution in [2.45, 2.75) is 335 Å². The van der Waals surface area contributed by atoms with Gasteiger partial charge in [-0.1, -0.05) is 290 Å². The van der Waals surface area contributed by atoms with E-state index in [1.807, 2.05) is 0 Å². The quantitative estimate of drug-likeness (QED) is 0.0344. The van der Waals surface area contributed by atoms with E-state index in [-0.39, 0.29) is 31.1 Å². The average molecular weight is 892 g/mol. The third-order valence-electron chi connectivity index (χ3n) is 13.1. The molecule has 63 heavy (non-hydrogen) atoms. The first-order valence-corrected chi connectivity index (χ1v) is 28.5. The minimum atomic E-state index is -0.760. The van der Waals surface area contributed by atoms with Crippen molar-refractivity contribution >= 4 is 17.9 Å². The molecule has 1 atom stereocenters. The second-order valence-electron chi connectivity index (χ2n) is 19.6. The number of hydrogen-bond donors (Lipinski definition) is 0. The van der Waals surface area contributed by atoms with E-state index >= 15 is 0 Å². The monoisotopic (exact) mass is 891 g/mol. The summed E-state index contributed by atoms with van der Waals surface area (Å²) in [6.07, 6.45) is 58.2. The van der Waals surface area contributed by atoms with Gasteiger partial charge in [-0.25, -0.2) is 0 Å². The topological polar surface area (TPSA) is 78.9 Å². The maximum atomic E-state index is 12.8. The largest absolute Gasteiger partial charge is 0.462 e. The molecular weight excluding hydrogens is 781 g/mol. The number of rotatable bonds is 53. The smallest absolute Gasteiger partial charge is 0.306 e. The zero-order valence-corrected chi connectivity index (χ0v) is 42.9. The Balaban J connectivity index is 4.15. The van der Waals surface area contributed by atoms with E-state index in [0.29, 0.717) is 19.3 Å². The van der Waals surface area contributed by atoms with E-state index in [2.05, 4.69) is 20.8 Å². The summed E-state index contributed by atoms with van der Waals surface area (Å²) < 4.78 is 16.8. The summed E-state index contributed by atoms with van der Waals surface area (Å²) in [4.78, 5) is 38.0. The van der Waals surface area contributed by atoms with Gasteiger partial charge in [0.2, 0.25) is 0 Å². The highest BCUT2D eigenvalue weighted by atomic mass is 16.6. The lowest BCUT2D eigenvalue weighted by Gasteiger charge is -2.18. The molecule has 0 heterocycles. The fourth-order valence-corrected chi connectivity index (χ4v) is 8.80. The van der Waals surface area contributed by atoms with Crippen molar-refractivity contribution in [2.24, 2.45) is 0 Å². The van der Waals surface area contributed by atoms with Gasteiger partial charge >= 0.3 is 17.9 Å². The minimum absolute atomic E-state index is 0.0616. The lowest BCUT2D eigenvalue weighted by molar-refractivity contribution is -0.167. The molecule has 6 heteroatoms. The number of hydrogen-bond acceptors (Lipinski definition) is 6. The number of esters is 3. The molecule has 0 radical (unpaired) electrons. The molecule has 0 aromatic carbocycles. The summed E-state index contributed by atoms with van der Waals surface area (Å²) in [7, 11) is 0. The van der Waals surface area contributed by atoms with Gasteiger partial charge in [0.1, 0.15) is 13.2 Å². The van der Waals surface area contributed by atoms with Crippen molar-refractivity contribution in [3.8, 4) is 0 Å². The molecule has 0 amide bonds. The molecule has 374 valence electrons. The van der Waals surface area contributed by atoms with Crippen LogP contribution in [0.2, 0.25) is 0 Å². The van der Waals surface area contributed by atoms with Crippen molar-refractivity contribution in [3.63, 3.8) is 0 Å². The Hall–Kier alpha value is -1.59. The molecule has 6 nitrogen and oxygen atoms in total. The number of carbonyl (C=O) groups is 3. The van der Waals surface area contributed by atoms with E-state index in [1.54, 1.807) is 0 Å². The predicted octanol–water partition coefficient (Wildman–Crippen LogP) is 18.8. The van der Waals surface area contributed by atoms with Gasteiger partial charge in [-0.15, -0.1) is 0 Å². The molecule has 0 saturated heterocycles. The Kier molecular flexibility index (Phi) is 51.7. The van der Waals surface area contributed by atoms with Gasteiger partial charge in [0.05, 0.1) is 0 Å². The van der Waals surface area contributed by atoms with Crippen LogP contribution in [0.4, 0.5) is 0 Å². The minimum Gasteiger partial charge on any atom is -0.462 e. The van der Waals surface area contributed by atoms with E-state index in [9.17, 15) is 14.4 Å². The Morgan fingerprint density at radius 2 is 0.429 bits per heavy atom. The molecule has 0 aliphatic carbocycles. The summed E-state index contributed by atoms with van der Waals surface area (Å²) in [5.41, 5.74) is 0. The van der Waals surface area contributed by atoms with Crippen molar-refractivity contribution in [1.82, 2.24) is 0 Å². The molecule has 0 aliphatic rings. The molecule has 0 spiro atoms. The van der Waals surface area contributed by atoms with E-state index in [4.69, 9.17) is 14.2 Å². The molecular formula is C57H110O6. The Labute approximate surface area is 393 Å². The van der Waals surface area contributed by atoms with Crippen LogP contribution in [0.15, 0.2) is 0 Å². The van der Waals surface area contributed by atoms with Crippen LogP contribution in [0.1, 0.15) is 329 Å².